The van der Waals surface area contributed by atoms with Crippen molar-refractivity contribution >= 4 is 11.8 Å². The van der Waals surface area contributed by atoms with Gasteiger partial charge in [0.25, 0.3) is 0 Å². The van der Waals surface area contributed by atoms with Gasteiger partial charge in [0.1, 0.15) is 5.76 Å². The van der Waals surface area contributed by atoms with Gasteiger partial charge in [-0.25, -0.2) is 4.79 Å². The first kappa shape index (κ1) is 15.1. The fraction of sp³-hybridized carbons (Fsp3) is 0.429. The van der Waals surface area contributed by atoms with Gasteiger partial charge in [-0.3, -0.25) is 5.32 Å². The maximum Gasteiger partial charge on any atom is 0.323 e. The number of hydrogen-bond donors (Lipinski definition) is 2. The molecule has 0 spiro atoms. The molecule has 0 saturated carbocycles. The van der Waals surface area contributed by atoms with Gasteiger partial charge >= 0.3 is 6.03 Å². The number of anilines is 1. The number of aromatic nitrogens is 1. The molecular weight excluding hydrogens is 274 g/mol. The van der Waals surface area contributed by atoms with Gasteiger partial charge < -0.3 is 18.9 Å². The Balaban J connectivity index is 2.09. The standard InChI is InChI=1S/C14H19N3O4/c1-4-17(9(2)8-18)14(19)15-13-7-12(21-16-13)11-5-6-20-10(11)3/h5-7,9,18H,4,8H2,1-3H3,(H,15,16,19)/t9-/m1/s1. The van der Waals surface area contributed by atoms with E-state index in [4.69, 9.17) is 14.0 Å². The topological polar surface area (TPSA) is 91.7 Å². The van der Waals surface area contributed by atoms with Gasteiger partial charge in [0.15, 0.2) is 11.6 Å². The molecule has 2 amide bonds. The molecule has 0 aromatic carbocycles. The first-order valence-electron chi connectivity index (χ1n) is 6.76. The van der Waals surface area contributed by atoms with Gasteiger partial charge in [0, 0.05) is 12.6 Å². The highest BCUT2D eigenvalue weighted by Crippen LogP contribution is 2.26. The van der Waals surface area contributed by atoms with Crippen molar-refractivity contribution in [1.29, 1.82) is 0 Å². The lowest BCUT2D eigenvalue weighted by atomic mass is 10.2. The van der Waals surface area contributed by atoms with E-state index in [-0.39, 0.29) is 18.7 Å². The molecule has 2 aromatic rings. The van der Waals surface area contributed by atoms with Gasteiger partial charge in [-0.1, -0.05) is 5.16 Å². The van der Waals surface area contributed by atoms with Crippen LogP contribution in [0.25, 0.3) is 11.3 Å². The van der Waals surface area contributed by atoms with Crippen molar-refractivity contribution in [1.82, 2.24) is 10.1 Å². The van der Waals surface area contributed by atoms with Crippen molar-refractivity contribution in [2.24, 2.45) is 0 Å². The number of hydrogen-bond acceptors (Lipinski definition) is 5. The van der Waals surface area contributed by atoms with E-state index in [0.29, 0.717) is 23.9 Å². The summed E-state index contributed by atoms with van der Waals surface area (Å²) in [5.41, 5.74) is 0.791. The Bertz CT molecular complexity index is 605. The van der Waals surface area contributed by atoms with Crippen LogP contribution in [-0.4, -0.2) is 40.4 Å². The lowest BCUT2D eigenvalue weighted by Gasteiger charge is -2.26. The van der Waals surface area contributed by atoms with Crippen LogP contribution in [0.1, 0.15) is 19.6 Å². The fourth-order valence-corrected chi connectivity index (χ4v) is 2.04. The number of amides is 2. The molecule has 0 fully saturated rings. The van der Waals surface area contributed by atoms with E-state index in [2.05, 4.69) is 10.5 Å². The average molecular weight is 293 g/mol. The van der Waals surface area contributed by atoms with E-state index in [1.54, 1.807) is 25.3 Å². The third-order valence-electron chi connectivity index (χ3n) is 3.27. The van der Waals surface area contributed by atoms with E-state index < -0.39 is 0 Å². The minimum atomic E-state index is -0.331. The van der Waals surface area contributed by atoms with Crippen molar-refractivity contribution in [3.8, 4) is 11.3 Å². The summed E-state index contributed by atoms with van der Waals surface area (Å²) >= 11 is 0. The molecule has 0 unspecified atom stereocenters. The number of carbonyl (C=O) groups is 1. The van der Waals surface area contributed by atoms with E-state index in [9.17, 15) is 4.79 Å². The molecule has 0 aliphatic rings. The number of carbonyl (C=O) groups excluding carboxylic acids is 1. The second-order valence-electron chi connectivity index (χ2n) is 4.71. The maximum absolute atomic E-state index is 12.1. The zero-order valence-electron chi connectivity index (χ0n) is 12.3. The number of likely N-dealkylation sites (N-methyl/N-ethyl adjacent to an activating group) is 1. The van der Waals surface area contributed by atoms with Crippen LogP contribution in [0.2, 0.25) is 0 Å². The average Bonchev–Trinajstić information content (AvgIpc) is 3.08. The zero-order valence-corrected chi connectivity index (χ0v) is 12.3. The predicted molar refractivity (Wildman–Crippen MR) is 76.9 cm³/mol. The van der Waals surface area contributed by atoms with E-state index in [0.717, 1.165) is 5.56 Å². The van der Waals surface area contributed by atoms with Crippen LogP contribution in [0.15, 0.2) is 27.3 Å². The largest absolute Gasteiger partial charge is 0.469 e. The van der Waals surface area contributed by atoms with E-state index in [1.165, 1.54) is 4.90 Å². The van der Waals surface area contributed by atoms with Crippen molar-refractivity contribution in [2.45, 2.75) is 26.8 Å². The molecule has 7 nitrogen and oxygen atoms in total. The molecule has 2 rings (SSSR count). The van der Waals surface area contributed by atoms with Crippen LogP contribution >= 0.6 is 0 Å². The summed E-state index contributed by atoms with van der Waals surface area (Å²) in [5, 5.41) is 15.6. The smallest absolute Gasteiger partial charge is 0.323 e. The Morgan fingerprint density at radius 3 is 2.90 bits per heavy atom. The normalized spacial score (nSPS) is 12.2. The maximum atomic E-state index is 12.1. The first-order valence-corrected chi connectivity index (χ1v) is 6.76. The Hall–Kier alpha value is -2.28. The van der Waals surface area contributed by atoms with Crippen molar-refractivity contribution in [3.05, 3.63) is 24.2 Å². The number of aliphatic hydroxyl groups excluding tert-OH is 1. The summed E-state index contributed by atoms with van der Waals surface area (Å²) in [6.45, 7) is 5.82. The highest BCUT2D eigenvalue weighted by molar-refractivity contribution is 5.89. The lowest BCUT2D eigenvalue weighted by molar-refractivity contribution is 0.154. The predicted octanol–water partition coefficient (Wildman–Crippen LogP) is 2.48. The van der Waals surface area contributed by atoms with E-state index >= 15 is 0 Å². The zero-order chi connectivity index (χ0) is 15.4. The second kappa shape index (κ2) is 6.45. The SMILES string of the molecule is CCN(C(=O)Nc1cc(-c2ccoc2C)on1)[C@H](C)CO. The molecule has 21 heavy (non-hydrogen) atoms. The Labute approximate surface area is 122 Å². The van der Waals surface area contributed by atoms with Gasteiger partial charge in [-0.2, -0.15) is 0 Å². The molecule has 114 valence electrons. The van der Waals surface area contributed by atoms with Crippen LogP contribution in [0, 0.1) is 6.92 Å². The Morgan fingerprint density at radius 2 is 2.33 bits per heavy atom. The fourth-order valence-electron chi connectivity index (χ4n) is 2.04. The molecule has 2 heterocycles. The number of aliphatic hydroxyl groups is 1. The number of urea groups is 1. The van der Waals surface area contributed by atoms with E-state index in [1.807, 2.05) is 13.8 Å². The van der Waals surface area contributed by atoms with Crippen molar-refractivity contribution < 1.29 is 18.8 Å². The quantitative estimate of drug-likeness (QED) is 0.883. The number of nitrogens with zero attached hydrogens (tertiary/aromatic N) is 2. The lowest BCUT2D eigenvalue weighted by Crippen LogP contribution is -2.43. The Morgan fingerprint density at radius 1 is 1.57 bits per heavy atom. The van der Waals surface area contributed by atoms with Crippen molar-refractivity contribution in [2.75, 3.05) is 18.5 Å². The highest BCUT2D eigenvalue weighted by atomic mass is 16.5. The number of rotatable bonds is 5. The molecule has 7 heteroatoms. The number of furan rings is 1. The second-order valence-corrected chi connectivity index (χ2v) is 4.71. The summed E-state index contributed by atoms with van der Waals surface area (Å²) in [7, 11) is 0. The molecule has 2 aromatic heterocycles. The Kier molecular flexibility index (Phi) is 4.64. The van der Waals surface area contributed by atoms with Gasteiger partial charge in [0.05, 0.1) is 24.5 Å². The molecule has 0 bridgehead atoms. The number of nitrogens with one attached hydrogen (secondary N) is 1. The third kappa shape index (κ3) is 3.25. The molecule has 0 saturated heterocycles. The highest BCUT2D eigenvalue weighted by Gasteiger charge is 2.19. The molecule has 0 aliphatic heterocycles. The van der Waals surface area contributed by atoms with Crippen LogP contribution < -0.4 is 5.32 Å². The monoisotopic (exact) mass is 293 g/mol. The minimum Gasteiger partial charge on any atom is -0.469 e. The van der Waals surface area contributed by atoms with Crippen LogP contribution in [0.4, 0.5) is 10.6 Å². The van der Waals surface area contributed by atoms with Crippen LogP contribution in [0.3, 0.4) is 0 Å². The summed E-state index contributed by atoms with van der Waals surface area (Å²) < 4.78 is 10.4. The van der Waals surface area contributed by atoms with Gasteiger partial charge in [-0.15, -0.1) is 0 Å². The molecule has 1 atom stereocenters. The number of aryl methyl sites for hydroxylation is 1. The van der Waals surface area contributed by atoms with Gasteiger partial charge in [-0.05, 0) is 26.8 Å². The molecule has 0 aliphatic carbocycles. The van der Waals surface area contributed by atoms with Crippen LogP contribution in [0.5, 0.6) is 0 Å². The van der Waals surface area contributed by atoms with Crippen LogP contribution in [-0.2, 0) is 0 Å². The van der Waals surface area contributed by atoms with Crippen molar-refractivity contribution in [3.63, 3.8) is 0 Å². The summed E-state index contributed by atoms with van der Waals surface area (Å²) in [6, 6.07) is 2.81. The van der Waals surface area contributed by atoms with Gasteiger partial charge in [0.2, 0.25) is 0 Å². The summed E-state index contributed by atoms with van der Waals surface area (Å²) in [6.07, 6.45) is 1.56. The minimum absolute atomic E-state index is 0.0977. The molecule has 2 N–H and O–H groups in total. The summed E-state index contributed by atoms with van der Waals surface area (Å²) in [4.78, 5) is 13.6. The molecule has 0 radical (unpaired) electrons. The molecular formula is C14H19N3O4. The third-order valence-corrected chi connectivity index (χ3v) is 3.27. The summed E-state index contributed by atoms with van der Waals surface area (Å²) in [5.74, 6) is 1.56. The first-order chi connectivity index (χ1) is 10.1.